The Kier molecular flexibility index (Phi) is 6.18. The second-order valence-corrected chi connectivity index (χ2v) is 8.53. The van der Waals surface area contributed by atoms with Crippen molar-refractivity contribution in [2.75, 3.05) is 14.2 Å². The maximum atomic E-state index is 13.0. The number of alkyl halides is 3. The van der Waals surface area contributed by atoms with Gasteiger partial charge < -0.3 is 9.47 Å². The van der Waals surface area contributed by atoms with Gasteiger partial charge in [-0.05, 0) is 47.6 Å². The quantitative estimate of drug-likeness (QED) is 0.513. The molecule has 0 saturated heterocycles. The van der Waals surface area contributed by atoms with Crippen LogP contribution in [0.1, 0.15) is 16.8 Å². The number of carbonyl (C=O) groups excluding carboxylic acids is 2. The molecule has 0 aliphatic heterocycles. The highest BCUT2D eigenvalue weighted by molar-refractivity contribution is 7.89. The van der Waals surface area contributed by atoms with Gasteiger partial charge in [0.05, 0.1) is 25.5 Å². The van der Waals surface area contributed by atoms with Gasteiger partial charge in [-0.15, -0.1) is 0 Å². The summed E-state index contributed by atoms with van der Waals surface area (Å²) in [6, 6.07) is 6.49. The minimum absolute atomic E-state index is 0.128. The number of rotatable bonds is 5. The molecule has 33 heavy (non-hydrogen) atoms. The summed E-state index contributed by atoms with van der Waals surface area (Å²) in [6.45, 7) is 0. The van der Waals surface area contributed by atoms with Crippen LogP contribution in [0.15, 0.2) is 59.6 Å². The van der Waals surface area contributed by atoms with Gasteiger partial charge in [0.15, 0.2) is 0 Å². The van der Waals surface area contributed by atoms with E-state index in [2.05, 4.69) is 4.98 Å². The van der Waals surface area contributed by atoms with E-state index in [1.54, 1.807) is 0 Å². The number of benzene rings is 1. The van der Waals surface area contributed by atoms with Crippen molar-refractivity contribution in [1.82, 2.24) is 4.98 Å². The van der Waals surface area contributed by atoms with Crippen molar-refractivity contribution in [2.24, 2.45) is 10.6 Å². The molecule has 2 aromatic rings. The van der Waals surface area contributed by atoms with Gasteiger partial charge in [0.2, 0.25) is 15.4 Å². The maximum absolute atomic E-state index is 13.0. The molecule has 0 bridgehead atoms. The minimum Gasteiger partial charge on any atom is -0.468 e. The molecule has 2 N–H and O–H groups in total. The molecule has 1 aliphatic carbocycles. The minimum atomic E-state index is -4.56. The number of halogens is 3. The van der Waals surface area contributed by atoms with Crippen LogP contribution in [0.2, 0.25) is 0 Å². The van der Waals surface area contributed by atoms with Crippen molar-refractivity contribution in [3.05, 3.63) is 71.6 Å². The number of methoxy groups -OCH3 is 2. The molecule has 3 rings (SSSR count). The van der Waals surface area contributed by atoms with Crippen LogP contribution in [0, 0.1) is 5.41 Å². The average Bonchev–Trinajstić information content (AvgIpc) is 3.19. The molecule has 174 valence electrons. The van der Waals surface area contributed by atoms with E-state index >= 15 is 0 Å². The van der Waals surface area contributed by atoms with Gasteiger partial charge in [-0.25, -0.2) is 13.6 Å². The largest absolute Gasteiger partial charge is 0.468 e. The van der Waals surface area contributed by atoms with Crippen LogP contribution >= 0.6 is 0 Å². The zero-order chi connectivity index (χ0) is 24.6. The third-order valence-corrected chi connectivity index (χ3v) is 5.84. The molecular formula is C21H17F3N2O6S. The van der Waals surface area contributed by atoms with E-state index in [1.807, 2.05) is 0 Å². The molecule has 0 atom stereocenters. The Morgan fingerprint density at radius 3 is 1.91 bits per heavy atom. The Hall–Kier alpha value is -3.51. The highest BCUT2D eigenvalue weighted by atomic mass is 32.2. The van der Waals surface area contributed by atoms with Crippen LogP contribution in [0.5, 0.6) is 0 Å². The molecule has 1 aromatic heterocycles. The molecule has 8 nitrogen and oxygen atoms in total. The van der Waals surface area contributed by atoms with Crippen LogP contribution < -0.4 is 5.14 Å². The first-order valence-electron chi connectivity index (χ1n) is 9.13. The summed E-state index contributed by atoms with van der Waals surface area (Å²) >= 11 is 0. The maximum Gasteiger partial charge on any atom is 0.416 e. The van der Waals surface area contributed by atoms with Gasteiger partial charge in [0, 0.05) is 11.8 Å². The predicted octanol–water partition coefficient (Wildman–Crippen LogP) is 2.56. The smallest absolute Gasteiger partial charge is 0.416 e. The first-order valence-corrected chi connectivity index (χ1v) is 10.7. The standard InChI is InChI=1S/C21H17F3N2O6S/c1-31-18(27)20(19(28)32-2)9-15(12-3-5-13(6-4-12)21(22,23)24)16(10-20)17-8-7-14(11-26-17)33(25,29)30/h3-11H,1-2H3,(H2,25,29,30). The van der Waals surface area contributed by atoms with Crippen LogP contribution in [0.25, 0.3) is 11.1 Å². The fourth-order valence-electron chi connectivity index (χ4n) is 3.31. The molecule has 1 aromatic carbocycles. The summed E-state index contributed by atoms with van der Waals surface area (Å²) in [5, 5.41) is 5.08. The van der Waals surface area contributed by atoms with Crippen LogP contribution in [0.3, 0.4) is 0 Å². The van der Waals surface area contributed by atoms with Gasteiger partial charge in [0.1, 0.15) is 4.90 Å². The molecule has 0 amide bonds. The molecule has 0 fully saturated rings. The van der Waals surface area contributed by atoms with Crippen molar-refractivity contribution < 1.29 is 40.7 Å². The molecule has 0 unspecified atom stereocenters. The molecule has 1 aliphatic rings. The number of carbonyl (C=O) groups is 2. The van der Waals surface area contributed by atoms with E-state index in [9.17, 15) is 31.2 Å². The molecular weight excluding hydrogens is 465 g/mol. The van der Waals surface area contributed by atoms with Crippen LogP contribution in [-0.4, -0.2) is 39.6 Å². The fourth-order valence-corrected chi connectivity index (χ4v) is 3.76. The SMILES string of the molecule is COC(=O)C1(C(=O)OC)C=C(c2ccc(C(F)(F)F)cc2)C(c2ccc(S(N)(=O)=O)cn2)=C1. The van der Waals surface area contributed by atoms with E-state index in [0.717, 1.165) is 32.5 Å². The number of esters is 2. The fraction of sp³-hybridized carbons (Fsp3) is 0.190. The summed E-state index contributed by atoms with van der Waals surface area (Å²) in [4.78, 5) is 28.9. The van der Waals surface area contributed by atoms with Crippen molar-refractivity contribution in [1.29, 1.82) is 0 Å². The molecule has 0 spiro atoms. The number of primary sulfonamides is 1. The number of hydrogen-bond acceptors (Lipinski definition) is 7. The van der Waals surface area contributed by atoms with Crippen molar-refractivity contribution in [3.8, 4) is 0 Å². The lowest BCUT2D eigenvalue weighted by Gasteiger charge is -2.18. The number of pyridine rings is 1. The Labute approximate surface area is 186 Å². The van der Waals surface area contributed by atoms with Gasteiger partial charge in [0.25, 0.3) is 0 Å². The third kappa shape index (κ3) is 4.52. The highest BCUT2D eigenvalue weighted by Crippen LogP contribution is 2.45. The third-order valence-electron chi connectivity index (χ3n) is 4.94. The van der Waals surface area contributed by atoms with Crippen molar-refractivity contribution >= 4 is 33.1 Å². The summed E-state index contributed by atoms with van der Waals surface area (Å²) in [7, 11) is -1.92. The molecule has 12 heteroatoms. The first kappa shape index (κ1) is 24.1. The first-order chi connectivity index (χ1) is 15.3. The van der Waals surface area contributed by atoms with E-state index in [0.29, 0.717) is 0 Å². The topological polar surface area (TPSA) is 126 Å². The lowest BCUT2D eigenvalue weighted by Crippen LogP contribution is -2.36. The second kappa shape index (κ2) is 8.45. The van der Waals surface area contributed by atoms with E-state index in [4.69, 9.17) is 14.6 Å². The number of aromatic nitrogens is 1. The van der Waals surface area contributed by atoms with Gasteiger partial charge >= 0.3 is 18.1 Å². The van der Waals surface area contributed by atoms with Gasteiger partial charge in [-0.2, -0.15) is 13.2 Å². The zero-order valence-corrected chi connectivity index (χ0v) is 18.0. The summed E-state index contributed by atoms with van der Waals surface area (Å²) in [5.74, 6) is -1.98. The Bertz CT molecular complexity index is 1250. The summed E-state index contributed by atoms with van der Waals surface area (Å²) in [5.41, 5.74) is -2.19. The number of ether oxygens (including phenoxy) is 2. The number of sulfonamides is 1. The van der Waals surface area contributed by atoms with E-state index < -0.39 is 39.1 Å². The van der Waals surface area contributed by atoms with Gasteiger partial charge in [-0.3, -0.25) is 14.6 Å². The number of nitrogens with zero attached hydrogens (tertiary/aromatic N) is 1. The Morgan fingerprint density at radius 1 is 0.939 bits per heavy atom. The zero-order valence-electron chi connectivity index (χ0n) is 17.2. The lowest BCUT2D eigenvalue weighted by atomic mass is 9.89. The van der Waals surface area contributed by atoms with E-state index in [1.165, 1.54) is 36.4 Å². The Morgan fingerprint density at radius 2 is 1.48 bits per heavy atom. The average molecular weight is 482 g/mol. The van der Waals surface area contributed by atoms with E-state index in [-0.39, 0.29) is 27.3 Å². The predicted molar refractivity (Wildman–Crippen MR) is 109 cm³/mol. The van der Waals surface area contributed by atoms with Crippen LogP contribution in [-0.2, 0) is 35.3 Å². The number of allylic oxidation sites excluding steroid dienone is 2. The summed E-state index contributed by atoms with van der Waals surface area (Å²) in [6.07, 6.45) is -1.17. The Balaban J connectivity index is 2.22. The molecule has 0 radical (unpaired) electrons. The molecule has 0 saturated carbocycles. The normalized spacial score (nSPS) is 15.5. The number of hydrogen-bond donors (Lipinski definition) is 1. The molecule has 1 heterocycles. The van der Waals surface area contributed by atoms with Crippen LogP contribution in [0.4, 0.5) is 13.2 Å². The lowest BCUT2D eigenvalue weighted by molar-refractivity contribution is -0.161. The van der Waals surface area contributed by atoms with Gasteiger partial charge in [-0.1, -0.05) is 12.1 Å². The second-order valence-electron chi connectivity index (χ2n) is 6.97. The summed E-state index contributed by atoms with van der Waals surface area (Å²) < 4.78 is 71.5. The number of nitrogens with two attached hydrogens (primary N) is 1. The van der Waals surface area contributed by atoms with Crippen molar-refractivity contribution in [3.63, 3.8) is 0 Å². The van der Waals surface area contributed by atoms with Crippen molar-refractivity contribution in [2.45, 2.75) is 11.1 Å². The highest BCUT2D eigenvalue weighted by Gasteiger charge is 2.49. The monoisotopic (exact) mass is 482 g/mol.